The quantitative estimate of drug-likeness (QED) is 0.489. The first-order valence-electron chi connectivity index (χ1n) is 9.71. The number of anilines is 1. The van der Waals surface area contributed by atoms with Crippen LogP contribution in [0.25, 0.3) is 17.2 Å². The zero-order valence-electron chi connectivity index (χ0n) is 16.7. The lowest BCUT2D eigenvalue weighted by atomic mass is 10.0. The van der Waals surface area contributed by atoms with Crippen LogP contribution in [-0.2, 0) is 4.79 Å². The van der Waals surface area contributed by atoms with Gasteiger partial charge in [-0.25, -0.2) is 4.79 Å². The van der Waals surface area contributed by atoms with Crippen molar-refractivity contribution in [1.82, 2.24) is 0 Å². The summed E-state index contributed by atoms with van der Waals surface area (Å²) >= 11 is 0. The van der Waals surface area contributed by atoms with E-state index in [-0.39, 0.29) is 11.5 Å². The van der Waals surface area contributed by atoms with Crippen LogP contribution in [0, 0.1) is 0 Å². The van der Waals surface area contributed by atoms with E-state index in [9.17, 15) is 14.7 Å². The normalized spacial score (nSPS) is 10.7. The molecule has 5 heteroatoms. The molecule has 5 nitrogen and oxygen atoms in total. The minimum Gasteiger partial charge on any atom is -0.491 e. The van der Waals surface area contributed by atoms with Crippen LogP contribution >= 0.6 is 0 Å². The van der Waals surface area contributed by atoms with Crippen LogP contribution < -0.4 is 10.1 Å². The van der Waals surface area contributed by atoms with E-state index in [1.54, 1.807) is 12.1 Å². The van der Waals surface area contributed by atoms with Crippen molar-refractivity contribution in [2.75, 3.05) is 11.9 Å². The predicted octanol–water partition coefficient (Wildman–Crippen LogP) is 5.49. The van der Waals surface area contributed by atoms with Crippen molar-refractivity contribution in [1.29, 1.82) is 0 Å². The summed E-state index contributed by atoms with van der Waals surface area (Å²) in [6.07, 6.45) is 3.92. The SMILES string of the molecule is CCCOc1ccc(C(=O)O)cc1NC(=O)/C=C/c1ccc(-c2ccccc2)cc1. The molecule has 0 spiro atoms. The molecule has 1 amide bonds. The Hall–Kier alpha value is -3.86. The van der Waals surface area contributed by atoms with Crippen molar-refractivity contribution in [2.45, 2.75) is 13.3 Å². The summed E-state index contributed by atoms with van der Waals surface area (Å²) in [6, 6.07) is 22.3. The molecular weight excluding hydrogens is 378 g/mol. The summed E-state index contributed by atoms with van der Waals surface area (Å²) in [5.74, 6) is -0.997. The van der Waals surface area contributed by atoms with Gasteiger partial charge in [-0.15, -0.1) is 0 Å². The minimum atomic E-state index is -1.07. The van der Waals surface area contributed by atoms with Crippen LogP contribution in [0.5, 0.6) is 5.75 Å². The molecule has 3 aromatic rings. The minimum absolute atomic E-state index is 0.0784. The van der Waals surface area contributed by atoms with Crippen LogP contribution in [0.4, 0.5) is 5.69 Å². The Labute approximate surface area is 175 Å². The van der Waals surface area contributed by atoms with Crippen molar-refractivity contribution < 1.29 is 19.4 Å². The molecule has 30 heavy (non-hydrogen) atoms. The molecule has 0 saturated carbocycles. The fourth-order valence-electron chi connectivity index (χ4n) is 2.86. The van der Waals surface area contributed by atoms with Gasteiger partial charge in [0.25, 0.3) is 0 Å². The van der Waals surface area contributed by atoms with E-state index in [0.29, 0.717) is 18.0 Å². The molecular formula is C25H23NO4. The van der Waals surface area contributed by atoms with Gasteiger partial charge in [0, 0.05) is 6.08 Å². The first-order valence-corrected chi connectivity index (χ1v) is 9.71. The van der Waals surface area contributed by atoms with E-state index >= 15 is 0 Å². The number of hydrogen-bond donors (Lipinski definition) is 2. The van der Waals surface area contributed by atoms with Gasteiger partial charge in [0.05, 0.1) is 17.9 Å². The van der Waals surface area contributed by atoms with Crippen LogP contribution in [0.1, 0.15) is 29.3 Å². The largest absolute Gasteiger partial charge is 0.491 e. The number of carbonyl (C=O) groups excluding carboxylic acids is 1. The highest BCUT2D eigenvalue weighted by atomic mass is 16.5. The summed E-state index contributed by atoms with van der Waals surface area (Å²) in [4.78, 5) is 23.6. The third kappa shape index (κ3) is 5.58. The molecule has 0 aliphatic heterocycles. The number of carbonyl (C=O) groups is 2. The van der Waals surface area contributed by atoms with Gasteiger partial charge in [0.2, 0.25) is 5.91 Å². The van der Waals surface area contributed by atoms with Gasteiger partial charge < -0.3 is 15.2 Å². The maximum atomic E-state index is 12.4. The Kier molecular flexibility index (Phi) is 7.00. The highest BCUT2D eigenvalue weighted by Gasteiger charge is 2.11. The van der Waals surface area contributed by atoms with Gasteiger partial charge in [0.1, 0.15) is 5.75 Å². The van der Waals surface area contributed by atoms with Crippen molar-refractivity contribution >= 4 is 23.6 Å². The average Bonchev–Trinajstić information content (AvgIpc) is 2.77. The first-order chi connectivity index (χ1) is 14.6. The maximum absolute atomic E-state index is 12.4. The fraction of sp³-hybridized carbons (Fsp3) is 0.120. The molecule has 0 bridgehead atoms. The topological polar surface area (TPSA) is 75.6 Å². The molecule has 152 valence electrons. The second kappa shape index (κ2) is 10.1. The standard InChI is InChI=1S/C25H23NO4/c1-2-16-30-23-14-13-21(25(28)29)17-22(23)26-24(27)15-10-18-8-11-20(12-9-18)19-6-4-3-5-7-19/h3-15,17H,2,16H2,1H3,(H,26,27)(H,28,29)/b15-10+. The van der Waals surface area contributed by atoms with Gasteiger partial charge in [-0.05, 0) is 47.4 Å². The van der Waals surface area contributed by atoms with Crippen molar-refractivity contribution in [3.8, 4) is 16.9 Å². The van der Waals surface area contributed by atoms with Crippen molar-refractivity contribution in [2.24, 2.45) is 0 Å². The maximum Gasteiger partial charge on any atom is 0.335 e. The van der Waals surface area contributed by atoms with Gasteiger partial charge in [-0.2, -0.15) is 0 Å². The van der Waals surface area contributed by atoms with E-state index in [4.69, 9.17) is 4.74 Å². The second-order valence-corrected chi connectivity index (χ2v) is 6.68. The number of hydrogen-bond acceptors (Lipinski definition) is 3. The first kappa shape index (κ1) is 20.9. The van der Waals surface area contributed by atoms with Gasteiger partial charge in [-0.3, -0.25) is 4.79 Å². The summed E-state index contributed by atoms with van der Waals surface area (Å²) < 4.78 is 5.61. The molecule has 3 rings (SSSR count). The molecule has 0 saturated heterocycles. The van der Waals surface area contributed by atoms with Crippen molar-refractivity contribution in [3.63, 3.8) is 0 Å². The van der Waals surface area contributed by atoms with E-state index in [1.165, 1.54) is 18.2 Å². The Balaban J connectivity index is 1.71. The molecule has 0 unspecified atom stereocenters. The lowest BCUT2D eigenvalue weighted by molar-refractivity contribution is -0.111. The summed E-state index contributed by atoms with van der Waals surface area (Å²) in [6.45, 7) is 2.44. The van der Waals surface area contributed by atoms with Gasteiger partial charge in [0.15, 0.2) is 0 Å². The Morgan fingerprint density at radius 1 is 0.967 bits per heavy atom. The molecule has 0 heterocycles. The monoisotopic (exact) mass is 401 g/mol. The molecule has 0 atom stereocenters. The fourth-order valence-corrected chi connectivity index (χ4v) is 2.86. The summed E-state index contributed by atoms with van der Waals surface area (Å²) in [7, 11) is 0. The molecule has 0 fully saturated rings. The van der Waals surface area contributed by atoms with E-state index < -0.39 is 5.97 Å². The number of rotatable bonds is 8. The number of amides is 1. The summed E-state index contributed by atoms with van der Waals surface area (Å²) in [5.41, 5.74) is 3.52. The third-order valence-corrected chi connectivity index (χ3v) is 4.39. The Morgan fingerprint density at radius 2 is 1.67 bits per heavy atom. The van der Waals surface area contributed by atoms with Crippen molar-refractivity contribution in [3.05, 3.63) is 90.0 Å². The zero-order chi connectivity index (χ0) is 21.3. The lowest BCUT2D eigenvalue weighted by Crippen LogP contribution is -2.11. The highest BCUT2D eigenvalue weighted by molar-refractivity contribution is 6.03. The van der Waals surface area contributed by atoms with Gasteiger partial charge in [-0.1, -0.05) is 61.5 Å². The molecule has 0 aliphatic carbocycles. The number of benzene rings is 3. The van der Waals surface area contributed by atoms with Crippen LogP contribution in [-0.4, -0.2) is 23.6 Å². The van der Waals surface area contributed by atoms with E-state index in [2.05, 4.69) is 5.32 Å². The predicted molar refractivity (Wildman–Crippen MR) is 119 cm³/mol. The number of carboxylic acids is 1. The Bertz CT molecular complexity index is 1040. The zero-order valence-corrected chi connectivity index (χ0v) is 16.7. The van der Waals surface area contributed by atoms with E-state index in [0.717, 1.165) is 23.1 Å². The molecule has 0 radical (unpaired) electrons. The smallest absolute Gasteiger partial charge is 0.335 e. The molecule has 0 aromatic heterocycles. The van der Waals surface area contributed by atoms with Crippen LogP contribution in [0.3, 0.4) is 0 Å². The molecule has 3 aromatic carbocycles. The number of carboxylic acid groups (broad SMARTS) is 1. The average molecular weight is 401 g/mol. The molecule has 0 aliphatic rings. The van der Waals surface area contributed by atoms with Crippen LogP contribution in [0.2, 0.25) is 0 Å². The number of nitrogens with one attached hydrogen (secondary N) is 1. The highest BCUT2D eigenvalue weighted by Crippen LogP contribution is 2.26. The van der Waals surface area contributed by atoms with E-state index in [1.807, 2.05) is 61.5 Å². The summed E-state index contributed by atoms with van der Waals surface area (Å²) in [5, 5.41) is 11.9. The lowest BCUT2D eigenvalue weighted by Gasteiger charge is -2.12. The molecule has 2 N–H and O–H groups in total. The Morgan fingerprint density at radius 3 is 2.33 bits per heavy atom. The third-order valence-electron chi connectivity index (χ3n) is 4.39. The number of aromatic carboxylic acids is 1. The number of ether oxygens (including phenoxy) is 1. The second-order valence-electron chi connectivity index (χ2n) is 6.68. The van der Waals surface area contributed by atoms with Crippen LogP contribution in [0.15, 0.2) is 78.9 Å². The van der Waals surface area contributed by atoms with Gasteiger partial charge >= 0.3 is 5.97 Å².